The molecular formula is C27H44Cl2O. The lowest BCUT2D eigenvalue weighted by atomic mass is 9.42. The molecule has 0 aromatic carbocycles. The lowest BCUT2D eigenvalue weighted by Crippen LogP contribution is -2.74. The summed E-state index contributed by atoms with van der Waals surface area (Å²) in [5.41, 5.74) is -0.855. The van der Waals surface area contributed by atoms with Gasteiger partial charge in [0, 0.05) is 0 Å². The third kappa shape index (κ3) is 3.70. The van der Waals surface area contributed by atoms with Crippen LogP contribution >= 0.6 is 23.2 Å². The van der Waals surface area contributed by atoms with Gasteiger partial charge >= 0.3 is 0 Å². The van der Waals surface area contributed by atoms with Crippen LogP contribution in [0.1, 0.15) is 123 Å². The van der Waals surface area contributed by atoms with E-state index in [4.69, 9.17) is 23.2 Å². The van der Waals surface area contributed by atoms with Gasteiger partial charge in [0.15, 0.2) is 5.78 Å². The molecule has 4 aliphatic rings. The Morgan fingerprint density at radius 3 is 1.70 bits per heavy atom. The monoisotopic (exact) mass is 454 g/mol. The van der Waals surface area contributed by atoms with Gasteiger partial charge in [0.05, 0.1) is 10.8 Å². The van der Waals surface area contributed by atoms with Crippen LogP contribution in [0.5, 0.6) is 0 Å². The number of halogens is 2. The Morgan fingerprint density at radius 1 is 0.700 bits per heavy atom. The Bertz CT molecular complexity index is 588. The number of unbranched alkanes of at least 4 members (excludes halogenated alkanes) is 1. The molecule has 0 heterocycles. The van der Waals surface area contributed by atoms with Crippen molar-refractivity contribution < 1.29 is 4.79 Å². The third-order valence-corrected chi connectivity index (χ3v) is 11.6. The van der Waals surface area contributed by atoms with E-state index in [0.717, 1.165) is 62.2 Å². The molecule has 0 atom stereocenters. The topological polar surface area (TPSA) is 17.1 Å². The van der Waals surface area contributed by atoms with E-state index >= 15 is 0 Å². The second-order valence-corrected chi connectivity index (χ2v) is 12.9. The Kier molecular flexibility index (Phi) is 7.21. The van der Waals surface area contributed by atoms with Crippen LogP contribution in [-0.2, 0) is 4.79 Å². The number of ketones is 1. The molecule has 4 fully saturated rings. The van der Waals surface area contributed by atoms with Crippen LogP contribution in [0.3, 0.4) is 0 Å². The molecule has 4 rings (SSSR count). The van der Waals surface area contributed by atoms with Gasteiger partial charge in [-0.3, -0.25) is 4.79 Å². The van der Waals surface area contributed by atoms with Gasteiger partial charge in [0.25, 0.3) is 0 Å². The van der Waals surface area contributed by atoms with Crippen molar-refractivity contribution in [3.8, 4) is 0 Å². The first-order valence-electron chi connectivity index (χ1n) is 13.3. The fraction of sp³-hybridized carbons (Fsp3) is 0.963. The molecule has 0 saturated heterocycles. The van der Waals surface area contributed by atoms with Gasteiger partial charge in [-0.15, -0.1) is 0 Å². The summed E-state index contributed by atoms with van der Waals surface area (Å²) in [6.45, 7) is 4.58. The molecule has 1 nitrogen and oxygen atoms in total. The van der Waals surface area contributed by atoms with Gasteiger partial charge in [-0.05, 0) is 87.9 Å². The van der Waals surface area contributed by atoms with Gasteiger partial charge in [-0.25, -0.2) is 0 Å². The molecule has 0 aromatic heterocycles. The first-order valence-corrected chi connectivity index (χ1v) is 14.1. The van der Waals surface area contributed by atoms with E-state index in [1.165, 1.54) is 70.6 Å². The number of carbonyl (C=O) groups is 1. The van der Waals surface area contributed by atoms with Crippen molar-refractivity contribution in [2.45, 2.75) is 127 Å². The maximum atomic E-state index is 13.7. The van der Waals surface area contributed by atoms with Crippen LogP contribution in [0.25, 0.3) is 0 Å². The number of hydrogen-bond donors (Lipinski definition) is 0. The summed E-state index contributed by atoms with van der Waals surface area (Å²) in [5.74, 6) is 3.90. The lowest BCUT2D eigenvalue weighted by molar-refractivity contribution is -0.173. The highest BCUT2D eigenvalue weighted by molar-refractivity contribution is 6.55. The molecule has 0 bridgehead atoms. The maximum Gasteiger partial charge on any atom is 0.151 e. The third-order valence-electron chi connectivity index (χ3n) is 10.1. The second kappa shape index (κ2) is 9.24. The fourth-order valence-electron chi connectivity index (χ4n) is 8.13. The van der Waals surface area contributed by atoms with Crippen molar-refractivity contribution in [2.24, 2.45) is 34.5 Å². The van der Waals surface area contributed by atoms with Crippen molar-refractivity contribution >= 4 is 29.0 Å². The largest absolute Gasteiger partial charge is 0.298 e. The first-order chi connectivity index (χ1) is 14.4. The van der Waals surface area contributed by atoms with E-state index in [1.807, 2.05) is 0 Å². The zero-order valence-corrected chi connectivity index (χ0v) is 21.0. The average molecular weight is 456 g/mol. The van der Waals surface area contributed by atoms with E-state index in [1.54, 1.807) is 0 Å². The molecule has 3 heteroatoms. The predicted octanol–water partition coefficient (Wildman–Crippen LogP) is 8.89. The van der Waals surface area contributed by atoms with Crippen LogP contribution < -0.4 is 0 Å². The smallest absolute Gasteiger partial charge is 0.151 e. The standard InChI is InChI=1S/C27H44Cl2O/c1-3-5-7-21-12-16-25(17-13-21)24(30)26(27(25,28)29)18-14-23(15-19-26)22-10-8-20(6-4-2)9-11-22/h20-23H,3-19H2,1-2H3/t20?,21?,22?,23-,25-,26+. The first kappa shape index (κ1) is 23.4. The quantitative estimate of drug-likeness (QED) is 0.366. The van der Waals surface area contributed by atoms with Gasteiger partial charge in [-0.1, -0.05) is 82.0 Å². The molecule has 2 spiro atoms. The molecule has 4 saturated carbocycles. The van der Waals surface area contributed by atoms with E-state index in [9.17, 15) is 4.79 Å². The summed E-state index contributed by atoms with van der Waals surface area (Å²) < 4.78 is -0.823. The fourth-order valence-corrected chi connectivity index (χ4v) is 9.23. The molecule has 0 radical (unpaired) electrons. The van der Waals surface area contributed by atoms with E-state index in [0.29, 0.717) is 5.78 Å². The molecule has 172 valence electrons. The number of carbonyl (C=O) groups excluding carboxylic acids is 1. The van der Waals surface area contributed by atoms with E-state index < -0.39 is 15.2 Å². The number of Topliss-reactive ketones (excluding diaryl/α,β-unsaturated/α-hetero) is 1. The van der Waals surface area contributed by atoms with Gasteiger partial charge in [0.1, 0.15) is 4.33 Å². The van der Waals surface area contributed by atoms with Gasteiger partial charge in [0.2, 0.25) is 0 Å². The van der Waals surface area contributed by atoms with Crippen molar-refractivity contribution in [3.63, 3.8) is 0 Å². The summed E-state index contributed by atoms with van der Waals surface area (Å²) in [6, 6.07) is 0. The molecule has 30 heavy (non-hydrogen) atoms. The van der Waals surface area contributed by atoms with Crippen LogP contribution in [0, 0.1) is 34.5 Å². The zero-order valence-electron chi connectivity index (χ0n) is 19.5. The zero-order chi connectivity index (χ0) is 21.4. The minimum atomic E-state index is -0.823. The van der Waals surface area contributed by atoms with Crippen LogP contribution in [-0.4, -0.2) is 10.1 Å². The second-order valence-electron chi connectivity index (χ2n) is 11.6. The highest BCUT2D eigenvalue weighted by Crippen LogP contribution is 2.74. The van der Waals surface area contributed by atoms with Crippen molar-refractivity contribution in [2.75, 3.05) is 0 Å². The highest BCUT2D eigenvalue weighted by atomic mass is 35.5. The summed E-state index contributed by atoms with van der Waals surface area (Å²) in [7, 11) is 0. The van der Waals surface area contributed by atoms with Crippen LogP contribution in [0.2, 0.25) is 0 Å². The lowest BCUT2D eigenvalue weighted by Gasteiger charge is -2.67. The number of alkyl halides is 2. The summed E-state index contributed by atoms with van der Waals surface area (Å²) in [5, 5.41) is 0. The van der Waals surface area contributed by atoms with Crippen molar-refractivity contribution in [1.29, 1.82) is 0 Å². The normalized spacial score (nSPS) is 43.7. The molecule has 0 aromatic rings. The Labute approximate surface area is 195 Å². The maximum absolute atomic E-state index is 13.7. The minimum Gasteiger partial charge on any atom is -0.298 e. The Hall–Kier alpha value is 0.250. The Balaban J connectivity index is 1.33. The molecule has 0 amide bonds. The van der Waals surface area contributed by atoms with E-state index in [2.05, 4.69) is 13.8 Å². The molecular weight excluding hydrogens is 411 g/mol. The van der Waals surface area contributed by atoms with Gasteiger partial charge < -0.3 is 0 Å². The minimum absolute atomic E-state index is 0.427. The summed E-state index contributed by atoms with van der Waals surface area (Å²) in [6.07, 6.45) is 20.7. The summed E-state index contributed by atoms with van der Waals surface area (Å²) >= 11 is 14.3. The molecule has 0 unspecified atom stereocenters. The number of rotatable bonds is 6. The molecule has 4 aliphatic carbocycles. The predicted molar refractivity (Wildman–Crippen MR) is 128 cm³/mol. The average Bonchev–Trinajstić information content (AvgIpc) is 2.78. The SMILES string of the molecule is CCCCC1CC[C@]2(CC1)C(=O)[C@@]1(CC[C@@H](C3CCC(CCC)CC3)CC1)C2(Cl)Cl. The molecule has 0 aliphatic heterocycles. The highest BCUT2D eigenvalue weighted by Gasteiger charge is 2.79. The van der Waals surface area contributed by atoms with Gasteiger partial charge in [-0.2, -0.15) is 0 Å². The molecule has 0 N–H and O–H groups in total. The van der Waals surface area contributed by atoms with Crippen LogP contribution in [0.4, 0.5) is 0 Å². The van der Waals surface area contributed by atoms with Crippen molar-refractivity contribution in [3.05, 3.63) is 0 Å². The van der Waals surface area contributed by atoms with Crippen LogP contribution in [0.15, 0.2) is 0 Å². The Morgan fingerprint density at radius 2 is 1.20 bits per heavy atom. The van der Waals surface area contributed by atoms with E-state index in [-0.39, 0.29) is 0 Å². The van der Waals surface area contributed by atoms with Crippen molar-refractivity contribution in [1.82, 2.24) is 0 Å². The number of hydrogen-bond acceptors (Lipinski definition) is 1. The summed E-state index contributed by atoms with van der Waals surface area (Å²) in [4.78, 5) is 13.7.